The number of aryl methyl sites for hydroxylation is 1. The van der Waals surface area contributed by atoms with Crippen LogP contribution >= 0.6 is 15.9 Å². The fourth-order valence-electron chi connectivity index (χ4n) is 2.45. The highest BCUT2D eigenvalue weighted by molar-refractivity contribution is 9.10. The molecule has 0 aromatic heterocycles. The Hall–Kier alpha value is -1.01. The van der Waals surface area contributed by atoms with Crippen LogP contribution in [0.15, 0.2) is 22.7 Å². The predicted octanol–water partition coefficient (Wildman–Crippen LogP) is 4.25. The Morgan fingerprint density at radius 2 is 2.12 bits per heavy atom. The van der Waals surface area contributed by atoms with Gasteiger partial charge in [0.1, 0.15) is 0 Å². The van der Waals surface area contributed by atoms with Crippen molar-refractivity contribution < 1.29 is 0 Å². The van der Waals surface area contributed by atoms with Crippen molar-refractivity contribution in [3.05, 3.63) is 28.2 Å². The third kappa shape index (κ3) is 3.01. The highest BCUT2D eigenvalue weighted by Crippen LogP contribution is 2.28. The number of hydrogen-bond acceptors (Lipinski definition) is 2. The van der Waals surface area contributed by atoms with E-state index in [1.165, 1.54) is 18.4 Å². The maximum absolute atomic E-state index is 9.16. The molecule has 2 nitrogen and oxygen atoms in total. The Bertz CT molecular complexity index is 436. The second-order valence-corrected chi connectivity index (χ2v) is 5.65. The third-order valence-corrected chi connectivity index (χ3v) is 3.95. The zero-order valence-corrected chi connectivity index (χ0v) is 11.6. The minimum Gasteiger partial charge on any atom is -0.381 e. The maximum atomic E-state index is 9.16. The van der Waals surface area contributed by atoms with E-state index in [1.54, 1.807) is 0 Å². The van der Waals surface area contributed by atoms with Crippen LogP contribution in [0.2, 0.25) is 0 Å². The molecule has 0 heterocycles. The van der Waals surface area contributed by atoms with E-state index in [1.807, 2.05) is 6.07 Å². The summed E-state index contributed by atoms with van der Waals surface area (Å²) in [6.07, 6.45) is 4.55. The number of nitrogens with zero attached hydrogens (tertiary/aromatic N) is 1. The standard InChI is InChI=1S/C14H17BrN2/c1-10-8-12(15)6-7-13(10)17-14-5-3-2-4-11(14)9-16/h6-8,11,14,17H,2-5H2,1H3. The van der Waals surface area contributed by atoms with Crippen LogP contribution in [0.3, 0.4) is 0 Å². The molecule has 0 spiro atoms. The van der Waals surface area contributed by atoms with Gasteiger partial charge in [0, 0.05) is 16.2 Å². The van der Waals surface area contributed by atoms with Crippen LogP contribution < -0.4 is 5.32 Å². The van der Waals surface area contributed by atoms with Gasteiger partial charge in [-0.1, -0.05) is 28.8 Å². The van der Waals surface area contributed by atoms with E-state index in [-0.39, 0.29) is 5.92 Å². The lowest BCUT2D eigenvalue weighted by molar-refractivity contribution is 0.388. The van der Waals surface area contributed by atoms with Gasteiger partial charge in [-0.3, -0.25) is 0 Å². The van der Waals surface area contributed by atoms with Crippen molar-refractivity contribution in [1.29, 1.82) is 5.26 Å². The van der Waals surface area contributed by atoms with Gasteiger partial charge in [0.05, 0.1) is 12.0 Å². The number of hydrogen-bond donors (Lipinski definition) is 1. The largest absolute Gasteiger partial charge is 0.381 e. The summed E-state index contributed by atoms with van der Waals surface area (Å²) in [5, 5.41) is 12.7. The maximum Gasteiger partial charge on any atom is 0.0677 e. The molecule has 2 rings (SSSR count). The predicted molar refractivity (Wildman–Crippen MR) is 73.9 cm³/mol. The van der Waals surface area contributed by atoms with Gasteiger partial charge in [0.2, 0.25) is 0 Å². The molecule has 2 atom stereocenters. The lowest BCUT2D eigenvalue weighted by atomic mass is 9.85. The van der Waals surface area contributed by atoms with Crippen molar-refractivity contribution >= 4 is 21.6 Å². The first-order chi connectivity index (χ1) is 8.20. The molecule has 1 aliphatic rings. The van der Waals surface area contributed by atoms with Crippen LogP contribution in [-0.2, 0) is 0 Å². The van der Waals surface area contributed by atoms with Crippen LogP contribution in [0.1, 0.15) is 31.2 Å². The Morgan fingerprint density at radius 3 is 2.82 bits per heavy atom. The summed E-state index contributed by atoms with van der Waals surface area (Å²) in [4.78, 5) is 0. The lowest BCUT2D eigenvalue weighted by Gasteiger charge is -2.29. The minimum atomic E-state index is 0.159. The normalized spacial score (nSPS) is 24.1. The highest BCUT2D eigenvalue weighted by Gasteiger charge is 2.24. The second-order valence-electron chi connectivity index (χ2n) is 4.73. The molecule has 1 fully saturated rings. The van der Waals surface area contributed by atoms with Crippen molar-refractivity contribution in [3.63, 3.8) is 0 Å². The molecule has 0 aliphatic heterocycles. The van der Waals surface area contributed by atoms with Gasteiger partial charge < -0.3 is 5.32 Å². The zero-order chi connectivity index (χ0) is 12.3. The summed E-state index contributed by atoms with van der Waals surface area (Å²) in [5.41, 5.74) is 2.38. The fraction of sp³-hybridized carbons (Fsp3) is 0.500. The van der Waals surface area contributed by atoms with Crippen molar-refractivity contribution in [3.8, 4) is 6.07 Å². The number of anilines is 1. The molecule has 1 saturated carbocycles. The molecule has 0 bridgehead atoms. The van der Waals surface area contributed by atoms with Gasteiger partial charge in [-0.2, -0.15) is 5.26 Å². The molecule has 90 valence electrons. The smallest absolute Gasteiger partial charge is 0.0677 e. The molecule has 17 heavy (non-hydrogen) atoms. The van der Waals surface area contributed by atoms with Crippen LogP contribution in [0, 0.1) is 24.2 Å². The van der Waals surface area contributed by atoms with Gasteiger partial charge in [0.15, 0.2) is 0 Å². The molecule has 0 amide bonds. The number of halogens is 1. The molecule has 1 aromatic carbocycles. The Labute approximate surface area is 111 Å². The molecule has 2 unspecified atom stereocenters. The molecule has 0 saturated heterocycles. The van der Waals surface area contributed by atoms with E-state index in [2.05, 4.69) is 46.4 Å². The van der Waals surface area contributed by atoms with Gasteiger partial charge in [-0.15, -0.1) is 0 Å². The first-order valence-electron chi connectivity index (χ1n) is 6.13. The van der Waals surface area contributed by atoms with Gasteiger partial charge >= 0.3 is 0 Å². The highest BCUT2D eigenvalue weighted by atomic mass is 79.9. The third-order valence-electron chi connectivity index (χ3n) is 3.46. The van der Waals surface area contributed by atoms with Crippen LogP contribution in [0.4, 0.5) is 5.69 Å². The molecule has 1 aliphatic carbocycles. The average Bonchev–Trinajstić information content (AvgIpc) is 2.33. The minimum absolute atomic E-state index is 0.159. The molecular formula is C14H17BrN2. The summed E-state index contributed by atoms with van der Waals surface area (Å²) in [6, 6.07) is 8.98. The van der Waals surface area contributed by atoms with Crippen LogP contribution in [-0.4, -0.2) is 6.04 Å². The lowest BCUT2D eigenvalue weighted by Crippen LogP contribution is -2.31. The Balaban J connectivity index is 2.11. The quantitative estimate of drug-likeness (QED) is 0.884. The Kier molecular flexibility index (Phi) is 4.06. The van der Waals surface area contributed by atoms with Crippen molar-refractivity contribution in [2.75, 3.05) is 5.32 Å². The second kappa shape index (κ2) is 5.55. The molecular weight excluding hydrogens is 276 g/mol. The summed E-state index contributed by atoms with van der Waals surface area (Å²) in [6.45, 7) is 2.09. The monoisotopic (exact) mass is 292 g/mol. The van der Waals surface area contributed by atoms with E-state index in [9.17, 15) is 0 Å². The number of nitrogens with one attached hydrogen (secondary N) is 1. The van der Waals surface area contributed by atoms with Gasteiger partial charge in [-0.25, -0.2) is 0 Å². The van der Waals surface area contributed by atoms with Crippen molar-refractivity contribution in [2.45, 2.75) is 38.6 Å². The van der Waals surface area contributed by atoms with E-state index in [0.29, 0.717) is 6.04 Å². The molecule has 1 aromatic rings. The first kappa shape index (κ1) is 12.4. The molecule has 0 radical (unpaired) electrons. The van der Waals surface area contributed by atoms with E-state index < -0.39 is 0 Å². The van der Waals surface area contributed by atoms with E-state index >= 15 is 0 Å². The van der Waals surface area contributed by atoms with Crippen LogP contribution in [0.25, 0.3) is 0 Å². The summed E-state index contributed by atoms with van der Waals surface area (Å²) < 4.78 is 1.10. The molecule has 3 heteroatoms. The summed E-state index contributed by atoms with van der Waals surface area (Å²) in [5.74, 6) is 0.159. The fourth-order valence-corrected chi connectivity index (χ4v) is 2.92. The van der Waals surface area contributed by atoms with Crippen molar-refractivity contribution in [1.82, 2.24) is 0 Å². The first-order valence-corrected chi connectivity index (χ1v) is 6.92. The van der Waals surface area contributed by atoms with E-state index in [0.717, 1.165) is 23.0 Å². The average molecular weight is 293 g/mol. The van der Waals surface area contributed by atoms with E-state index in [4.69, 9.17) is 5.26 Å². The summed E-state index contributed by atoms with van der Waals surface area (Å²) >= 11 is 3.47. The number of nitriles is 1. The topological polar surface area (TPSA) is 35.8 Å². The SMILES string of the molecule is Cc1cc(Br)ccc1NC1CCCCC1C#N. The zero-order valence-electron chi connectivity index (χ0n) is 10.0. The van der Waals surface area contributed by atoms with Crippen LogP contribution in [0.5, 0.6) is 0 Å². The van der Waals surface area contributed by atoms with Crippen molar-refractivity contribution in [2.24, 2.45) is 5.92 Å². The molecule has 1 N–H and O–H groups in total. The Morgan fingerprint density at radius 1 is 1.35 bits per heavy atom. The number of rotatable bonds is 2. The summed E-state index contributed by atoms with van der Waals surface area (Å²) in [7, 11) is 0. The number of benzene rings is 1. The van der Waals surface area contributed by atoms with Gasteiger partial charge in [0.25, 0.3) is 0 Å². The van der Waals surface area contributed by atoms with Gasteiger partial charge in [-0.05, 0) is 43.5 Å².